The predicted octanol–water partition coefficient (Wildman–Crippen LogP) is 1.25. The Balaban J connectivity index is 2.18. The molecule has 13 heavy (non-hydrogen) atoms. The van der Waals surface area contributed by atoms with Crippen molar-refractivity contribution >= 4 is 0 Å². The van der Waals surface area contributed by atoms with Gasteiger partial charge in [0.1, 0.15) is 5.75 Å². The maximum atomic E-state index is 9.57. The molecule has 3 heteroatoms. The highest BCUT2D eigenvalue weighted by molar-refractivity contribution is 5.32. The Hall–Kier alpha value is -1.09. The van der Waals surface area contributed by atoms with E-state index in [9.17, 15) is 5.11 Å². The third-order valence-corrected chi connectivity index (χ3v) is 2.57. The molecule has 1 aliphatic heterocycles. The van der Waals surface area contributed by atoms with Gasteiger partial charge in [-0.15, -0.1) is 0 Å². The zero-order chi connectivity index (χ0) is 9.10. The average Bonchev–Trinajstić information content (AvgIpc) is 2.20. The molecule has 3 nitrogen and oxygen atoms in total. The van der Waals surface area contributed by atoms with Crippen LogP contribution in [0.25, 0.3) is 0 Å². The van der Waals surface area contributed by atoms with Crippen LogP contribution in [0.15, 0.2) is 18.5 Å². The standard InChI is InChI=1S/C10H14N2O/c13-10-7-12-5-3-9(10)8-2-1-4-11-6-8/h3,5,7-8,11,13H,1-2,4,6H2. The van der Waals surface area contributed by atoms with Crippen molar-refractivity contribution in [2.24, 2.45) is 0 Å². The fraction of sp³-hybridized carbons (Fsp3) is 0.500. The lowest BCUT2D eigenvalue weighted by Gasteiger charge is -2.23. The summed E-state index contributed by atoms with van der Waals surface area (Å²) in [6.07, 6.45) is 5.60. The second-order valence-electron chi connectivity index (χ2n) is 3.48. The molecule has 0 aliphatic carbocycles. The zero-order valence-electron chi connectivity index (χ0n) is 7.53. The van der Waals surface area contributed by atoms with Crippen molar-refractivity contribution in [2.45, 2.75) is 18.8 Å². The van der Waals surface area contributed by atoms with Crippen molar-refractivity contribution < 1.29 is 5.11 Å². The molecule has 0 bridgehead atoms. The Labute approximate surface area is 77.8 Å². The monoisotopic (exact) mass is 178 g/mol. The molecule has 2 heterocycles. The Morgan fingerprint density at radius 3 is 3.15 bits per heavy atom. The number of nitrogens with one attached hydrogen (secondary N) is 1. The first-order valence-corrected chi connectivity index (χ1v) is 4.71. The van der Waals surface area contributed by atoms with Crippen LogP contribution in [-0.4, -0.2) is 23.2 Å². The van der Waals surface area contributed by atoms with Crippen LogP contribution in [0.4, 0.5) is 0 Å². The maximum absolute atomic E-state index is 9.57. The third kappa shape index (κ3) is 1.80. The van der Waals surface area contributed by atoms with Gasteiger partial charge in [-0.2, -0.15) is 0 Å². The van der Waals surface area contributed by atoms with Crippen LogP contribution in [-0.2, 0) is 0 Å². The number of nitrogens with zero attached hydrogens (tertiary/aromatic N) is 1. The van der Waals surface area contributed by atoms with Gasteiger partial charge in [-0.3, -0.25) is 4.98 Å². The predicted molar refractivity (Wildman–Crippen MR) is 50.7 cm³/mol. The van der Waals surface area contributed by atoms with Gasteiger partial charge >= 0.3 is 0 Å². The third-order valence-electron chi connectivity index (χ3n) is 2.57. The van der Waals surface area contributed by atoms with E-state index in [-0.39, 0.29) is 0 Å². The van der Waals surface area contributed by atoms with E-state index in [1.807, 2.05) is 6.07 Å². The lowest BCUT2D eigenvalue weighted by molar-refractivity contribution is 0.424. The van der Waals surface area contributed by atoms with Crippen LogP contribution >= 0.6 is 0 Å². The van der Waals surface area contributed by atoms with Crippen molar-refractivity contribution in [1.82, 2.24) is 10.3 Å². The summed E-state index contributed by atoms with van der Waals surface area (Å²) >= 11 is 0. The molecule has 0 spiro atoms. The van der Waals surface area contributed by atoms with Gasteiger partial charge in [0.25, 0.3) is 0 Å². The summed E-state index contributed by atoms with van der Waals surface area (Å²) in [6.45, 7) is 2.07. The molecule has 0 aromatic carbocycles. The minimum atomic E-state index is 0.330. The first-order chi connectivity index (χ1) is 6.38. The minimum absolute atomic E-state index is 0.330. The van der Waals surface area contributed by atoms with Crippen LogP contribution < -0.4 is 5.32 Å². The first-order valence-electron chi connectivity index (χ1n) is 4.71. The summed E-state index contributed by atoms with van der Waals surface area (Å²) in [5.41, 5.74) is 1.03. The van der Waals surface area contributed by atoms with Crippen LogP contribution in [0.1, 0.15) is 24.3 Å². The molecule has 0 radical (unpaired) electrons. The fourth-order valence-corrected chi connectivity index (χ4v) is 1.86. The van der Waals surface area contributed by atoms with Gasteiger partial charge in [0.05, 0.1) is 6.20 Å². The van der Waals surface area contributed by atoms with E-state index in [2.05, 4.69) is 10.3 Å². The molecular formula is C10H14N2O. The Morgan fingerprint density at radius 2 is 2.46 bits per heavy atom. The molecule has 1 saturated heterocycles. The molecule has 0 saturated carbocycles. The van der Waals surface area contributed by atoms with Gasteiger partial charge in [-0.1, -0.05) is 0 Å². The van der Waals surface area contributed by atoms with E-state index in [1.165, 1.54) is 12.6 Å². The van der Waals surface area contributed by atoms with Gasteiger partial charge in [-0.05, 0) is 25.5 Å². The summed E-state index contributed by atoms with van der Waals surface area (Å²) in [5, 5.41) is 12.9. The molecule has 1 unspecified atom stereocenters. The van der Waals surface area contributed by atoms with Crippen LogP contribution in [0.5, 0.6) is 5.75 Å². The van der Waals surface area contributed by atoms with Gasteiger partial charge in [-0.25, -0.2) is 0 Å². The van der Waals surface area contributed by atoms with Gasteiger partial charge in [0.2, 0.25) is 0 Å². The van der Waals surface area contributed by atoms with E-state index >= 15 is 0 Å². The van der Waals surface area contributed by atoms with E-state index in [0.717, 1.165) is 25.1 Å². The highest BCUT2D eigenvalue weighted by Crippen LogP contribution is 2.28. The molecule has 70 valence electrons. The van der Waals surface area contributed by atoms with Gasteiger partial charge in [0.15, 0.2) is 0 Å². The topological polar surface area (TPSA) is 45.2 Å². The Morgan fingerprint density at radius 1 is 1.54 bits per heavy atom. The van der Waals surface area contributed by atoms with Crippen LogP contribution in [0, 0.1) is 0 Å². The Kier molecular flexibility index (Phi) is 2.45. The van der Waals surface area contributed by atoms with Crippen LogP contribution in [0.2, 0.25) is 0 Å². The van der Waals surface area contributed by atoms with E-state index in [0.29, 0.717) is 11.7 Å². The van der Waals surface area contributed by atoms with E-state index in [4.69, 9.17) is 0 Å². The largest absolute Gasteiger partial charge is 0.506 e. The first kappa shape index (κ1) is 8.51. The number of aromatic nitrogens is 1. The summed E-state index contributed by atoms with van der Waals surface area (Å²) in [4.78, 5) is 3.87. The van der Waals surface area contributed by atoms with Crippen LogP contribution in [0.3, 0.4) is 0 Å². The van der Waals surface area contributed by atoms with Crippen molar-refractivity contribution in [3.8, 4) is 5.75 Å². The lowest BCUT2D eigenvalue weighted by atomic mass is 9.92. The lowest BCUT2D eigenvalue weighted by Crippen LogP contribution is -2.28. The van der Waals surface area contributed by atoms with Gasteiger partial charge < -0.3 is 10.4 Å². The number of aromatic hydroxyl groups is 1. The number of rotatable bonds is 1. The molecule has 1 aromatic rings. The van der Waals surface area contributed by atoms with Crippen molar-refractivity contribution in [3.63, 3.8) is 0 Å². The molecular weight excluding hydrogens is 164 g/mol. The Bertz CT molecular complexity index is 282. The number of hydrogen-bond donors (Lipinski definition) is 2. The summed E-state index contributed by atoms with van der Waals surface area (Å²) < 4.78 is 0. The summed E-state index contributed by atoms with van der Waals surface area (Å²) in [5.74, 6) is 0.785. The molecule has 1 aliphatic rings. The fourth-order valence-electron chi connectivity index (χ4n) is 1.86. The maximum Gasteiger partial charge on any atom is 0.137 e. The molecule has 2 rings (SSSR count). The number of hydrogen-bond acceptors (Lipinski definition) is 3. The van der Waals surface area contributed by atoms with E-state index in [1.54, 1.807) is 6.20 Å². The zero-order valence-corrected chi connectivity index (χ0v) is 7.53. The SMILES string of the molecule is Oc1cnccc1C1CCCNC1. The molecule has 0 amide bonds. The molecule has 2 N–H and O–H groups in total. The molecule has 1 fully saturated rings. The highest BCUT2D eigenvalue weighted by atomic mass is 16.3. The van der Waals surface area contributed by atoms with Crippen molar-refractivity contribution in [3.05, 3.63) is 24.0 Å². The smallest absolute Gasteiger partial charge is 0.137 e. The minimum Gasteiger partial charge on any atom is -0.506 e. The van der Waals surface area contributed by atoms with Crippen molar-refractivity contribution in [2.75, 3.05) is 13.1 Å². The van der Waals surface area contributed by atoms with Gasteiger partial charge in [0, 0.05) is 24.2 Å². The second kappa shape index (κ2) is 3.75. The summed E-state index contributed by atoms with van der Waals surface area (Å²) in [7, 11) is 0. The molecule has 1 atom stereocenters. The summed E-state index contributed by atoms with van der Waals surface area (Å²) in [6, 6.07) is 1.91. The number of pyridine rings is 1. The number of piperidine rings is 1. The highest BCUT2D eigenvalue weighted by Gasteiger charge is 2.17. The second-order valence-corrected chi connectivity index (χ2v) is 3.48. The quantitative estimate of drug-likeness (QED) is 0.680. The van der Waals surface area contributed by atoms with Crippen molar-refractivity contribution in [1.29, 1.82) is 0 Å². The molecule has 1 aromatic heterocycles. The van der Waals surface area contributed by atoms with E-state index < -0.39 is 0 Å². The normalized spacial score (nSPS) is 22.9. The average molecular weight is 178 g/mol.